The largest absolute Gasteiger partial charge is 0.489 e. The molecule has 180 valence electrons. The lowest BCUT2D eigenvalue weighted by atomic mass is 9.95. The molecule has 9 heteroatoms. The van der Waals surface area contributed by atoms with Gasteiger partial charge in [0.05, 0.1) is 24.0 Å². The van der Waals surface area contributed by atoms with Crippen molar-refractivity contribution < 1.29 is 33.8 Å². The summed E-state index contributed by atoms with van der Waals surface area (Å²) in [4.78, 5) is 51.0. The van der Waals surface area contributed by atoms with Crippen molar-refractivity contribution in [3.63, 3.8) is 0 Å². The summed E-state index contributed by atoms with van der Waals surface area (Å²) < 4.78 is 10.6. The van der Waals surface area contributed by atoms with Crippen molar-refractivity contribution in [3.8, 4) is 5.75 Å². The van der Waals surface area contributed by atoms with Crippen LogP contribution >= 0.6 is 11.8 Å². The van der Waals surface area contributed by atoms with Crippen LogP contribution in [0.4, 0.5) is 0 Å². The van der Waals surface area contributed by atoms with Gasteiger partial charge in [0.1, 0.15) is 12.4 Å². The first-order valence-corrected chi connectivity index (χ1v) is 11.8. The number of benzene rings is 1. The molecule has 0 aliphatic carbocycles. The zero-order valence-corrected chi connectivity index (χ0v) is 19.9. The Kier molecular flexibility index (Phi) is 8.44. The quantitative estimate of drug-likeness (QED) is 0.375. The van der Waals surface area contributed by atoms with E-state index in [1.54, 1.807) is 25.3 Å². The Morgan fingerprint density at radius 1 is 1.15 bits per heavy atom. The fourth-order valence-electron chi connectivity index (χ4n) is 3.52. The highest BCUT2D eigenvalue weighted by Crippen LogP contribution is 2.39. The highest BCUT2D eigenvalue weighted by atomic mass is 32.2. The summed E-state index contributed by atoms with van der Waals surface area (Å²) in [5.41, 5.74) is 2.44. The van der Waals surface area contributed by atoms with Crippen LogP contribution in [0, 0.1) is 0 Å². The van der Waals surface area contributed by atoms with Crippen molar-refractivity contribution in [1.29, 1.82) is 0 Å². The van der Waals surface area contributed by atoms with Crippen molar-refractivity contribution in [2.24, 2.45) is 0 Å². The maximum Gasteiger partial charge on any atom is 0.307 e. The third-order valence-electron chi connectivity index (χ3n) is 5.50. The standard InChI is InChI=1S/C25H27NO7S/c1-3-18-7-6-17(14-26-18)20(33-23(30)11-10-22(28)29)15-32-19-8-4-16(5-9-19)13-25(2)21(27)12-24(31)34-25/h4-9,14,20H,3,10-13,15H2,1-2H3,(H,28,29)/t20-,25?/m1/s1. The summed E-state index contributed by atoms with van der Waals surface area (Å²) in [6.07, 6.45) is 1.51. The monoisotopic (exact) mass is 485 g/mol. The predicted molar refractivity (Wildman–Crippen MR) is 126 cm³/mol. The van der Waals surface area contributed by atoms with Crippen LogP contribution in [0.25, 0.3) is 0 Å². The number of ether oxygens (including phenoxy) is 2. The molecule has 0 amide bonds. The van der Waals surface area contributed by atoms with E-state index in [1.165, 1.54) is 0 Å². The lowest BCUT2D eigenvalue weighted by Crippen LogP contribution is -2.29. The minimum Gasteiger partial charge on any atom is -0.489 e. The third-order valence-corrected chi connectivity index (χ3v) is 6.69. The Morgan fingerprint density at radius 3 is 2.44 bits per heavy atom. The molecule has 1 aliphatic heterocycles. The van der Waals surface area contributed by atoms with E-state index >= 15 is 0 Å². The Morgan fingerprint density at radius 2 is 1.88 bits per heavy atom. The number of aryl methyl sites for hydroxylation is 1. The third kappa shape index (κ3) is 6.90. The first-order chi connectivity index (χ1) is 16.2. The van der Waals surface area contributed by atoms with Gasteiger partial charge in [0.25, 0.3) is 0 Å². The molecule has 1 aromatic heterocycles. The van der Waals surface area contributed by atoms with Crippen LogP contribution in [-0.2, 0) is 36.8 Å². The summed E-state index contributed by atoms with van der Waals surface area (Å²) in [7, 11) is 0. The van der Waals surface area contributed by atoms with E-state index in [9.17, 15) is 19.2 Å². The average Bonchev–Trinajstić information content (AvgIpc) is 3.06. The number of aromatic nitrogens is 1. The maximum absolute atomic E-state index is 12.2. The number of carboxylic acid groups (broad SMARTS) is 1. The van der Waals surface area contributed by atoms with Crippen LogP contribution in [0.5, 0.6) is 5.75 Å². The summed E-state index contributed by atoms with van der Waals surface area (Å²) in [5.74, 6) is -1.22. The number of esters is 1. The van der Waals surface area contributed by atoms with Crippen molar-refractivity contribution in [2.45, 2.75) is 56.8 Å². The predicted octanol–water partition coefficient (Wildman–Crippen LogP) is 3.71. The lowest BCUT2D eigenvalue weighted by molar-refractivity contribution is -0.153. The molecule has 2 heterocycles. The number of nitrogens with zero attached hydrogens (tertiary/aromatic N) is 1. The van der Waals surface area contributed by atoms with Crippen molar-refractivity contribution in [2.75, 3.05) is 6.61 Å². The number of hydrogen-bond donors (Lipinski definition) is 1. The zero-order valence-electron chi connectivity index (χ0n) is 19.1. The number of Topliss-reactive ketones (excluding diaryl/α,β-unsaturated/α-hetero) is 1. The topological polar surface area (TPSA) is 120 Å². The molecule has 2 aromatic rings. The molecule has 1 aromatic carbocycles. The van der Waals surface area contributed by atoms with E-state index in [-0.39, 0.29) is 36.8 Å². The van der Waals surface area contributed by atoms with Crippen LogP contribution in [0.3, 0.4) is 0 Å². The molecule has 0 bridgehead atoms. The number of pyridine rings is 1. The summed E-state index contributed by atoms with van der Waals surface area (Å²) in [5, 5.41) is 8.70. The number of carbonyl (C=O) groups is 4. The first-order valence-electron chi connectivity index (χ1n) is 11.0. The Labute approximate surface area is 202 Å². The van der Waals surface area contributed by atoms with Gasteiger partial charge in [-0.05, 0) is 43.5 Å². The molecule has 1 N–H and O–H groups in total. The molecule has 8 nitrogen and oxygen atoms in total. The van der Waals surface area contributed by atoms with Crippen molar-refractivity contribution >= 4 is 34.6 Å². The van der Waals surface area contributed by atoms with E-state index in [4.69, 9.17) is 14.6 Å². The van der Waals surface area contributed by atoms with Gasteiger partial charge >= 0.3 is 11.9 Å². The van der Waals surface area contributed by atoms with E-state index in [0.717, 1.165) is 29.4 Å². The molecule has 0 radical (unpaired) electrons. The molecule has 3 rings (SSSR count). The Balaban J connectivity index is 1.65. The highest BCUT2D eigenvalue weighted by molar-refractivity contribution is 8.16. The van der Waals surface area contributed by atoms with E-state index in [2.05, 4.69) is 4.98 Å². The smallest absolute Gasteiger partial charge is 0.307 e. The number of ketones is 1. The Hall–Kier alpha value is -3.20. The summed E-state index contributed by atoms with van der Waals surface area (Å²) in [6.45, 7) is 3.79. The van der Waals surface area contributed by atoms with Crippen LogP contribution in [0.1, 0.15) is 56.0 Å². The normalized spacial score (nSPS) is 18.5. The van der Waals surface area contributed by atoms with Gasteiger partial charge in [0.2, 0.25) is 0 Å². The second kappa shape index (κ2) is 11.3. The number of carbonyl (C=O) groups excluding carboxylic acids is 3. The Bertz CT molecular complexity index is 1050. The molecule has 0 saturated carbocycles. The van der Waals surface area contributed by atoms with Gasteiger partial charge in [-0.1, -0.05) is 36.9 Å². The summed E-state index contributed by atoms with van der Waals surface area (Å²) >= 11 is 1.09. The second-order valence-electron chi connectivity index (χ2n) is 8.25. The van der Waals surface area contributed by atoms with Gasteiger partial charge < -0.3 is 14.6 Å². The van der Waals surface area contributed by atoms with Gasteiger partial charge in [-0.15, -0.1) is 0 Å². The van der Waals surface area contributed by atoms with Crippen molar-refractivity contribution in [3.05, 3.63) is 59.4 Å². The van der Waals surface area contributed by atoms with Gasteiger partial charge in [-0.3, -0.25) is 24.2 Å². The molecule has 1 unspecified atom stereocenters. The number of rotatable bonds is 11. The molecular formula is C25H27NO7S. The molecular weight excluding hydrogens is 458 g/mol. The van der Waals surface area contributed by atoms with Crippen LogP contribution in [0.15, 0.2) is 42.6 Å². The molecule has 1 fully saturated rings. The highest BCUT2D eigenvalue weighted by Gasteiger charge is 2.43. The average molecular weight is 486 g/mol. The number of aliphatic carboxylic acids is 1. The number of carboxylic acids is 1. The molecule has 34 heavy (non-hydrogen) atoms. The van der Waals surface area contributed by atoms with E-state index in [1.807, 2.05) is 31.2 Å². The minimum atomic E-state index is -1.07. The van der Waals surface area contributed by atoms with Crippen LogP contribution in [0.2, 0.25) is 0 Å². The molecule has 2 atom stereocenters. The van der Waals surface area contributed by atoms with E-state index < -0.39 is 22.8 Å². The van der Waals surface area contributed by atoms with Gasteiger partial charge in [0, 0.05) is 17.5 Å². The fourth-order valence-corrected chi connectivity index (χ4v) is 4.65. The fraction of sp³-hybridized carbons (Fsp3) is 0.400. The molecule has 1 aliphatic rings. The first kappa shape index (κ1) is 25.4. The SMILES string of the molecule is CCc1ccc([C@@H](COc2ccc(CC3(C)SC(=O)CC3=O)cc2)OC(=O)CCC(=O)O)cn1. The number of thioether (sulfide) groups is 1. The van der Waals surface area contributed by atoms with E-state index in [0.29, 0.717) is 17.7 Å². The maximum atomic E-state index is 12.2. The molecule has 0 spiro atoms. The van der Waals surface area contributed by atoms with Crippen LogP contribution < -0.4 is 4.74 Å². The molecule has 1 saturated heterocycles. The van der Waals surface area contributed by atoms with Crippen molar-refractivity contribution in [1.82, 2.24) is 4.98 Å². The lowest BCUT2D eigenvalue weighted by Gasteiger charge is -2.21. The summed E-state index contributed by atoms with van der Waals surface area (Å²) in [6, 6.07) is 10.8. The van der Waals surface area contributed by atoms with Crippen LogP contribution in [-0.4, -0.2) is 44.3 Å². The second-order valence-corrected chi connectivity index (χ2v) is 9.81. The van der Waals surface area contributed by atoms with Gasteiger partial charge in [-0.25, -0.2) is 0 Å². The van der Waals surface area contributed by atoms with Gasteiger partial charge in [-0.2, -0.15) is 0 Å². The van der Waals surface area contributed by atoms with Gasteiger partial charge in [0.15, 0.2) is 17.0 Å². The zero-order chi connectivity index (χ0) is 24.7. The minimum absolute atomic E-state index is 0.0197. The number of hydrogen-bond acceptors (Lipinski definition) is 8.